The van der Waals surface area contributed by atoms with Crippen molar-refractivity contribution in [2.75, 3.05) is 17.1 Å². The summed E-state index contributed by atoms with van der Waals surface area (Å²) >= 11 is 3.50. The molecule has 3 aromatic carbocycles. The van der Waals surface area contributed by atoms with E-state index in [2.05, 4.69) is 42.0 Å². The highest BCUT2D eigenvalue weighted by atomic mass is 79.9. The van der Waals surface area contributed by atoms with E-state index in [0.29, 0.717) is 5.69 Å². The molecule has 3 aromatic rings. The van der Waals surface area contributed by atoms with Crippen LogP contribution < -0.4 is 9.62 Å². The molecule has 0 aromatic heterocycles. The fraction of sp³-hybridized carbons (Fsp3) is 0.394. The minimum absolute atomic E-state index is 0.0903. The van der Waals surface area contributed by atoms with Crippen LogP contribution in [0.2, 0.25) is 0 Å². The molecule has 7 nitrogen and oxygen atoms in total. The number of hydrogen-bond acceptors (Lipinski definition) is 4. The van der Waals surface area contributed by atoms with Crippen LogP contribution in [0.3, 0.4) is 0 Å². The summed E-state index contributed by atoms with van der Waals surface area (Å²) in [6, 6.07) is 23.3. The molecule has 2 unspecified atom stereocenters. The number of rotatable bonds is 12. The molecule has 0 aliphatic carbocycles. The monoisotopic (exact) mass is 655 g/mol. The number of amides is 2. The summed E-state index contributed by atoms with van der Waals surface area (Å²) in [5.41, 5.74) is 3.04. The molecule has 2 amide bonds. The molecular weight excluding hydrogens is 614 g/mol. The first-order valence-electron chi connectivity index (χ1n) is 14.2. The molecule has 0 bridgehead atoms. The molecule has 2 atom stereocenters. The third kappa shape index (κ3) is 9.42. The van der Waals surface area contributed by atoms with Gasteiger partial charge in [-0.15, -0.1) is 0 Å². The molecule has 42 heavy (non-hydrogen) atoms. The molecule has 0 radical (unpaired) electrons. The number of carbonyl (C=O) groups is 2. The van der Waals surface area contributed by atoms with Gasteiger partial charge in [-0.05, 0) is 59.7 Å². The van der Waals surface area contributed by atoms with E-state index in [-0.39, 0.29) is 30.3 Å². The highest BCUT2D eigenvalue weighted by molar-refractivity contribution is 9.10. The second-order valence-electron chi connectivity index (χ2n) is 11.7. The Balaban J connectivity index is 2.06. The standard InChI is InChI=1S/C33H42BrN3O4S/c1-7-24(2)35-32(39)30(21-25-12-9-8-10-13-25)36(22-26-14-11-15-28(34)20-26)31(38)23-37(42(6,40)41)29-18-16-27(17-19-29)33(3,4)5/h8-20,24,30H,7,21-23H2,1-6H3,(H,35,39). The molecule has 0 aliphatic heterocycles. The van der Waals surface area contributed by atoms with Gasteiger partial charge in [-0.25, -0.2) is 8.42 Å². The number of anilines is 1. The van der Waals surface area contributed by atoms with Crippen molar-refractivity contribution >= 4 is 43.5 Å². The van der Waals surface area contributed by atoms with Gasteiger partial charge in [0.2, 0.25) is 21.8 Å². The highest BCUT2D eigenvalue weighted by Gasteiger charge is 2.33. The van der Waals surface area contributed by atoms with Crippen LogP contribution in [0.15, 0.2) is 83.3 Å². The van der Waals surface area contributed by atoms with E-state index in [1.165, 1.54) is 4.90 Å². The lowest BCUT2D eigenvalue weighted by Gasteiger charge is -2.34. The first-order valence-corrected chi connectivity index (χ1v) is 16.8. The van der Waals surface area contributed by atoms with Crippen molar-refractivity contribution in [3.8, 4) is 0 Å². The normalized spacial score (nSPS) is 13.2. The molecule has 226 valence electrons. The van der Waals surface area contributed by atoms with Crippen LogP contribution in [0.1, 0.15) is 57.7 Å². The van der Waals surface area contributed by atoms with Crippen LogP contribution in [0.25, 0.3) is 0 Å². The van der Waals surface area contributed by atoms with Crippen LogP contribution in [0.5, 0.6) is 0 Å². The van der Waals surface area contributed by atoms with Gasteiger partial charge in [0.1, 0.15) is 12.6 Å². The van der Waals surface area contributed by atoms with E-state index in [9.17, 15) is 18.0 Å². The lowest BCUT2D eigenvalue weighted by Crippen LogP contribution is -2.54. The van der Waals surface area contributed by atoms with E-state index in [4.69, 9.17) is 0 Å². The van der Waals surface area contributed by atoms with E-state index in [0.717, 1.165) is 38.1 Å². The van der Waals surface area contributed by atoms with Crippen molar-refractivity contribution in [3.05, 3.63) is 100 Å². The predicted molar refractivity (Wildman–Crippen MR) is 174 cm³/mol. The first-order chi connectivity index (χ1) is 19.7. The third-order valence-electron chi connectivity index (χ3n) is 7.21. The number of carbonyl (C=O) groups excluding carboxylic acids is 2. The quantitative estimate of drug-likeness (QED) is 0.257. The zero-order chi connectivity index (χ0) is 31.1. The van der Waals surface area contributed by atoms with Gasteiger partial charge in [-0.2, -0.15) is 0 Å². The molecule has 9 heteroatoms. The zero-order valence-electron chi connectivity index (χ0n) is 25.3. The van der Waals surface area contributed by atoms with Crippen molar-refractivity contribution in [3.63, 3.8) is 0 Å². The predicted octanol–water partition coefficient (Wildman–Crippen LogP) is 6.07. The molecule has 0 heterocycles. The molecular formula is C33H42BrN3O4S. The van der Waals surface area contributed by atoms with Crippen LogP contribution in [-0.4, -0.2) is 50.0 Å². The van der Waals surface area contributed by atoms with E-state index >= 15 is 0 Å². The Labute approximate surface area is 259 Å². The summed E-state index contributed by atoms with van der Waals surface area (Å²) < 4.78 is 28.0. The average Bonchev–Trinajstić information content (AvgIpc) is 2.93. The van der Waals surface area contributed by atoms with Gasteiger partial charge in [0.15, 0.2) is 0 Å². The molecule has 0 saturated carbocycles. The van der Waals surface area contributed by atoms with Gasteiger partial charge in [0.25, 0.3) is 0 Å². The Morgan fingerprint density at radius 1 is 0.929 bits per heavy atom. The Morgan fingerprint density at radius 2 is 1.55 bits per heavy atom. The number of nitrogens with zero attached hydrogens (tertiary/aromatic N) is 2. The maximum Gasteiger partial charge on any atom is 0.244 e. The molecule has 3 rings (SSSR count). The largest absolute Gasteiger partial charge is 0.352 e. The highest BCUT2D eigenvalue weighted by Crippen LogP contribution is 2.26. The van der Waals surface area contributed by atoms with Crippen molar-refractivity contribution in [2.45, 2.75) is 71.5 Å². The molecule has 0 aliphatic rings. The minimum Gasteiger partial charge on any atom is -0.352 e. The Kier molecular flexibility index (Phi) is 11.4. The first kappa shape index (κ1) is 33.3. The summed E-state index contributed by atoms with van der Waals surface area (Å²) in [5, 5.41) is 3.04. The van der Waals surface area contributed by atoms with Gasteiger partial charge in [-0.1, -0.05) is 98.2 Å². The fourth-order valence-electron chi connectivity index (χ4n) is 4.57. The van der Waals surface area contributed by atoms with E-state index < -0.39 is 28.5 Å². The molecule has 0 fully saturated rings. The van der Waals surface area contributed by atoms with Gasteiger partial charge in [0.05, 0.1) is 11.9 Å². The SMILES string of the molecule is CCC(C)NC(=O)C(Cc1ccccc1)N(Cc1cccc(Br)c1)C(=O)CN(c1ccc(C(C)(C)C)cc1)S(C)(=O)=O. The second-order valence-corrected chi connectivity index (χ2v) is 14.6. The summed E-state index contributed by atoms with van der Waals surface area (Å²) in [6.45, 7) is 9.83. The van der Waals surface area contributed by atoms with Crippen LogP contribution >= 0.6 is 15.9 Å². The molecule has 1 N–H and O–H groups in total. The van der Waals surface area contributed by atoms with Crippen LogP contribution in [0.4, 0.5) is 5.69 Å². The second kappa shape index (κ2) is 14.3. The topological polar surface area (TPSA) is 86.8 Å². The zero-order valence-corrected chi connectivity index (χ0v) is 27.7. The summed E-state index contributed by atoms with van der Waals surface area (Å²) in [7, 11) is -3.82. The van der Waals surface area contributed by atoms with Gasteiger partial charge < -0.3 is 10.2 Å². The van der Waals surface area contributed by atoms with Gasteiger partial charge in [0, 0.05) is 23.5 Å². The van der Waals surface area contributed by atoms with Gasteiger partial charge in [-0.3, -0.25) is 13.9 Å². The van der Waals surface area contributed by atoms with E-state index in [1.54, 1.807) is 12.1 Å². The van der Waals surface area contributed by atoms with Gasteiger partial charge >= 0.3 is 0 Å². The lowest BCUT2D eigenvalue weighted by molar-refractivity contribution is -0.140. The van der Waals surface area contributed by atoms with Crippen LogP contribution in [-0.2, 0) is 38.0 Å². The van der Waals surface area contributed by atoms with Crippen molar-refractivity contribution < 1.29 is 18.0 Å². The number of nitrogens with one attached hydrogen (secondary N) is 1. The Hall–Kier alpha value is -3.17. The minimum atomic E-state index is -3.82. The van der Waals surface area contributed by atoms with Crippen molar-refractivity contribution in [1.82, 2.24) is 10.2 Å². The third-order valence-corrected chi connectivity index (χ3v) is 8.85. The Bertz CT molecular complexity index is 1450. The number of hydrogen-bond donors (Lipinski definition) is 1. The summed E-state index contributed by atoms with van der Waals surface area (Å²) in [5.74, 6) is -0.752. The van der Waals surface area contributed by atoms with Crippen molar-refractivity contribution in [1.29, 1.82) is 0 Å². The number of halogens is 1. The van der Waals surface area contributed by atoms with E-state index in [1.807, 2.05) is 80.6 Å². The average molecular weight is 657 g/mol. The fourth-order valence-corrected chi connectivity index (χ4v) is 5.86. The number of sulfonamides is 1. The van der Waals surface area contributed by atoms with Crippen molar-refractivity contribution in [2.24, 2.45) is 0 Å². The molecule has 0 spiro atoms. The number of benzene rings is 3. The smallest absolute Gasteiger partial charge is 0.244 e. The summed E-state index contributed by atoms with van der Waals surface area (Å²) in [6.07, 6.45) is 2.10. The maximum absolute atomic E-state index is 14.2. The summed E-state index contributed by atoms with van der Waals surface area (Å²) in [4.78, 5) is 29.5. The maximum atomic E-state index is 14.2. The molecule has 0 saturated heterocycles. The Morgan fingerprint density at radius 3 is 2.10 bits per heavy atom. The lowest BCUT2D eigenvalue weighted by atomic mass is 9.87. The van der Waals surface area contributed by atoms with Crippen LogP contribution in [0, 0.1) is 0 Å².